The molecule has 6 nitrogen and oxygen atoms in total. The third-order valence-corrected chi connectivity index (χ3v) is 3.79. The highest BCUT2D eigenvalue weighted by atomic mass is 16.4. The molecule has 0 spiro atoms. The molecule has 1 aliphatic carbocycles. The van der Waals surface area contributed by atoms with E-state index in [0.717, 1.165) is 12.8 Å². The minimum Gasteiger partial charge on any atom is -0.481 e. The van der Waals surface area contributed by atoms with Crippen LogP contribution in [0, 0.1) is 17.3 Å². The number of carbonyl (C=O) groups excluding carboxylic acids is 2. The molecule has 114 valence electrons. The normalized spacial score (nSPS) is 22.4. The Labute approximate surface area is 119 Å². The molecule has 6 heteroatoms. The van der Waals surface area contributed by atoms with Crippen molar-refractivity contribution >= 4 is 17.9 Å². The van der Waals surface area contributed by atoms with Gasteiger partial charge in [-0.15, -0.1) is 0 Å². The van der Waals surface area contributed by atoms with Gasteiger partial charge in [-0.05, 0) is 38.5 Å². The summed E-state index contributed by atoms with van der Waals surface area (Å²) in [6, 6.07) is -0.546. The first-order valence-corrected chi connectivity index (χ1v) is 7.02. The van der Waals surface area contributed by atoms with Crippen molar-refractivity contribution < 1.29 is 19.5 Å². The first-order chi connectivity index (χ1) is 9.20. The van der Waals surface area contributed by atoms with Gasteiger partial charge in [-0.25, -0.2) is 4.79 Å². The van der Waals surface area contributed by atoms with Crippen LogP contribution in [0.25, 0.3) is 0 Å². The fourth-order valence-electron chi connectivity index (χ4n) is 2.44. The number of urea groups is 1. The highest BCUT2D eigenvalue weighted by molar-refractivity contribution is 5.96. The maximum absolute atomic E-state index is 11.6. The Morgan fingerprint density at radius 1 is 1.25 bits per heavy atom. The van der Waals surface area contributed by atoms with E-state index in [2.05, 4.69) is 17.6 Å². The van der Waals surface area contributed by atoms with Gasteiger partial charge < -0.3 is 10.4 Å². The van der Waals surface area contributed by atoms with Crippen molar-refractivity contribution in [3.8, 4) is 0 Å². The second kappa shape index (κ2) is 6.72. The number of aliphatic carboxylic acids is 1. The van der Waals surface area contributed by atoms with Gasteiger partial charge in [0.05, 0.1) is 5.41 Å². The van der Waals surface area contributed by atoms with E-state index in [4.69, 9.17) is 5.11 Å². The lowest BCUT2D eigenvalue weighted by Crippen LogP contribution is -2.43. The number of carbonyl (C=O) groups is 3. The summed E-state index contributed by atoms with van der Waals surface area (Å²) in [4.78, 5) is 34.0. The van der Waals surface area contributed by atoms with Gasteiger partial charge >= 0.3 is 12.0 Å². The number of rotatable bonds is 5. The van der Waals surface area contributed by atoms with Crippen molar-refractivity contribution in [1.82, 2.24) is 10.6 Å². The molecule has 0 bridgehead atoms. The van der Waals surface area contributed by atoms with Crippen molar-refractivity contribution in [2.45, 2.75) is 46.5 Å². The van der Waals surface area contributed by atoms with Crippen LogP contribution in [0.3, 0.4) is 0 Å². The van der Waals surface area contributed by atoms with E-state index in [9.17, 15) is 14.4 Å². The molecule has 2 unspecified atom stereocenters. The molecule has 0 radical (unpaired) electrons. The monoisotopic (exact) mass is 284 g/mol. The van der Waals surface area contributed by atoms with Crippen LogP contribution in [0.4, 0.5) is 4.79 Å². The van der Waals surface area contributed by atoms with Gasteiger partial charge in [-0.3, -0.25) is 14.9 Å². The predicted molar refractivity (Wildman–Crippen MR) is 74.1 cm³/mol. The van der Waals surface area contributed by atoms with Crippen LogP contribution in [0.15, 0.2) is 0 Å². The van der Waals surface area contributed by atoms with E-state index in [1.807, 2.05) is 0 Å². The summed E-state index contributed by atoms with van der Waals surface area (Å²) in [5.41, 5.74) is -1.18. The van der Waals surface area contributed by atoms with Crippen molar-refractivity contribution in [3.05, 3.63) is 0 Å². The zero-order valence-electron chi connectivity index (χ0n) is 12.4. The molecule has 0 saturated heterocycles. The molecule has 3 N–H and O–H groups in total. The minimum atomic E-state index is -1.18. The van der Waals surface area contributed by atoms with Crippen LogP contribution in [-0.2, 0) is 9.59 Å². The molecule has 1 fully saturated rings. The van der Waals surface area contributed by atoms with Gasteiger partial charge in [0.15, 0.2) is 0 Å². The summed E-state index contributed by atoms with van der Waals surface area (Å²) in [6.45, 7) is 5.66. The summed E-state index contributed by atoms with van der Waals surface area (Å²) in [5.74, 6) is -0.466. The first-order valence-electron chi connectivity index (χ1n) is 7.02. The maximum Gasteiger partial charge on any atom is 0.321 e. The van der Waals surface area contributed by atoms with Crippen LogP contribution in [-0.4, -0.2) is 29.6 Å². The number of nitrogens with one attached hydrogen (secondary N) is 2. The SMILES string of the molecule is CC1CCC(CNC(=O)NC(=O)CC(C)(C)C(=O)O)C1. The van der Waals surface area contributed by atoms with E-state index in [0.29, 0.717) is 18.4 Å². The highest BCUT2D eigenvalue weighted by Crippen LogP contribution is 2.29. The molecule has 1 rings (SSSR count). The molecule has 1 aliphatic rings. The van der Waals surface area contributed by atoms with Gasteiger partial charge in [0.2, 0.25) is 5.91 Å². The molecule has 0 aromatic rings. The Morgan fingerprint density at radius 2 is 1.90 bits per heavy atom. The summed E-state index contributed by atoms with van der Waals surface area (Å²) < 4.78 is 0. The van der Waals surface area contributed by atoms with Gasteiger partial charge in [0.25, 0.3) is 0 Å². The Morgan fingerprint density at radius 3 is 2.40 bits per heavy atom. The first kappa shape index (κ1) is 16.5. The largest absolute Gasteiger partial charge is 0.481 e. The summed E-state index contributed by atoms with van der Waals surface area (Å²) in [5, 5.41) is 13.8. The second-order valence-corrected chi connectivity index (χ2v) is 6.41. The zero-order chi connectivity index (χ0) is 15.3. The van der Waals surface area contributed by atoms with E-state index >= 15 is 0 Å². The van der Waals surface area contributed by atoms with Gasteiger partial charge in [0, 0.05) is 13.0 Å². The van der Waals surface area contributed by atoms with Crippen LogP contribution in [0.2, 0.25) is 0 Å². The van der Waals surface area contributed by atoms with E-state index in [1.54, 1.807) is 0 Å². The van der Waals surface area contributed by atoms with Crippen LogP contribution >= 0.6 is 0 Å². The number of carboxylic acids is 1. The van der Waals surface area contributed by atoms with E-state index in [-0.39, 0.29) is 6.42 Å². The number of hydrogen-bond donors (Lipinski definition) is 3. The minimum absolute atomic E-state index is 0.226. The van der Waals surface area contributed by atoms with Crippen LogP contribution in [0.1, 0.15) is 46.5 Å². The average Bonchev–Trinajstić information content (AvgIpc) is 2.71. The molecule has 2 atom stereocenters. The maximum atomic E-state index is 11.6. The van der Waals surface area contributed by atoms with Gasteiger partial charge in [-0.2, -0.15) is 0 Å². The van der Waals surface area contributed by atoms with Crippen molar-refractivity contribution in [2.24, 2.45) is 17.3 Å². The molecule has 1 saturated carbocycles. The molecular weight excluding hydrogens is 260 g/mol. The lowest BCUT2D eigenvalue weighted by atomic mass is 9.89. The van der Waals surface area contributed by atoms with Gasteiger partial charge in [0.1, 0.15) is 0 Å². The highest BCUT2D eigenvalue weighted by Gasteiger charge is 2.30. The molecule has 0 aromatic carbocycles. The molecule has 0 heterocycles. The third kappa shape index (κ3) is 5.19. The lowest BCUT2D eigenvalue weighted by Gasteiger charge is -2.18. The number of imide groups is 1. The topological polar surface area (TPSA) is 95.5 Å². The average molecular weight is 284 g/mol. The van der Waals surface area contributed by atoms with E-state index in [1.165, 1.54) is 20.3 Å². The fraction of sp³-hybridized carbons (Fsp3) is 0.786. The predicted octanol–water partition coefficient (Wildman–Crippen LogP) is 1.75. The Bertz CT molecular complexity index is 393. The standard InChI is InChI=1S/C14H24N2O4/c1-9-4-5-10(6-9)8-15-13(20)16-11(17)7-14(2,3)12(18)19/h9-10H,4-8H2,1-3H3,(H,18,19)(H2,15,16,17,20). The van der Waals surface area contributed by atoms with Crippen molar-refractivity contribution in [3.63, 3.8) is 0 Å². The molecular formula is C14H24N2O4. The third-order valence-electron chi connectivity index (χ3n) is 3.79. The van der Waals surface area contributed by atoms with Crippen LogP contribution in [0.5, 0.6) is 0 Å². The number of amides is 3. The van der Waals surface area contributed by atoms with Crippen molar-refractivity contribution in [2.75, 3.05) is 6.54 Å². The molecule has 0 aliphatic heterocycles. The van der Waals surface area contributed by atoms with Crippen molar-refractivity contribution in [1.29, 1.82) is 0 Å². The zero-order valence-corrected chi connectivity index (χ0v) is 12.4. The molecule has 0 aromatic heterocycles. The second-order valence-electron chi connectivity index (χ2n) is 6.41. The summed E-state index contributed by atoms with van der Waals surface area (Å²) >= 11 is 0. The molecule has 3 amide bonds. The fourth-order valence-corrected chi connectivity index (χ4v) is 2.44. The number of carboxylic acid groups (broad SMARTS) is 1. The Balaban J connectivity index is 2.28. The lowest BCUT2D eigenvalue weighted by molar-refractivity contribution is -0.149. The Kier molecular flexibility index (Phi) is 5.53. The summed E-state index contributed by atoms with van der Waals surface area (Å²) in [6.07, 6.45) is 3.15. The number of hydrogen-bond acceptors (Lipinski definition) is 3. The van der Waals surface area contributed by atoms with Crippen LogP contribution < -0.4 is 10.6 Å². The summed E-state index contributed by atoms with van der Waals surface area (Å²) in [7, 11) is 0. The quantitative estimate of drug-likeness (QED) is 0.716. The Hall–Kier alpha value is -1.59. The van der Waals surface area contributed by atoms with Gasteiger partial charge in [-0.1, -0.05) is 13.3 Å². The molecule has 20 heavy (non-hydrogen) atoms. The smallest absolute Gasteiger partial charge is 0.321 e. The van der Waals surface area contributed by atoms with E-state index < -0.39 is 23.3 Å².